The van der Waals surface area contributed by atoms with Gasteiger partial charge in [-0.15, -0.1) is 0 Å². The number of nitrogens with two attached hydrogens (primary N) is 1. The molecule has 5 nitrogen and oxygen atoms in total. The van der Waals surface area contributed by atoms with Crippen LogP contribution < -0.4 is 11.1 Å². The van der Waals surface area contributed by atoms with Crippen molar-refractivity contribution in [1.82, 2.24) is 9.97 Å². The molecule has 4 N–H and O–H groups in total. The number of aliphatic hydroxyl groups excluding tert-OH is 1. The van der Waals surface area contributed by atoms with Crippen molar-refractivity contribution in [3.05, 3.63) is 11.9 Å². The highest BCUT2D eigenvalue weighted by Gasteiger charge is 2.15. The lowest BCUT2D eigenvalue weighted by atomic mass is 9.97. The van der Waals surface area contributed by atoms with Crippen LogP contribution in [-0.4, -0.2) is 27.7 Å². The van der Waals surface area contributed by atoms with Gasteiger partial charge in [0, 0.05) is 18.5 Å². The second kappa shape index (κ2) is 7.28. The first kappa shape index (κ1) is 15.7. The fourth-order valence-corrected chi connectivity index (χ4v) is 2.04. The number of anilines is 2. The number of nitrogens with one attached hydrogen (secondary N) is 1. The molecule has 108 valence electrons. The standard InChI is InChI=1S/C14H26N4O/c1-5-10(6-2)11(19)8-16-13-7-12(15)17-14(18-13)9(3)4/h7,9-11,19H,5-6,8H2,1-4H3,(H3,15,16,17,18). The maximum atomic E-state index is 10.1. The van der Waals surface area contributed by atoms with E-state index in [-0.39, 0.29) is 12.0 Å². The van der Waals surface area contributed by atoms with Gasteiger partial charge in [0.15, 0.2) is 0 Å². The van der Waals surface area contributed by atoms with E-state index >= 15 is 0 Å². The average Bonchev–Trinajstić information content (AvgIpc) is 2.37. The van der Waals surface area contributed by atoms with E-state index in [1.165, 1.54) is 0 Å². The van der Waals surface area contributed by atoms with Gasteiger partial charge in [-0.3, -0.25) is 0 Å². The third-order valence-electron chi connectivity index (χ3n) is 3.36. The minimum absolute atomic E-state index is 0.230. The molecule has 19 heavy (non-hydrogen) atoms. The predicted octanol–water partition coefficient (Wildman–Crippen LogP) is 2.39. The Morgan fingerprint density at radius 1 is 1.26 bits per heavy atom. The SMILES string of the molecule is CCC(CC)C(O)CNc1cc(N)nc(C(C)C)n1. The molecule has 0 aliphatic heterocycles. The molecule has 0 bridgehead atoms. The molecular weight excluding hydrogens is 240 g/mol. The van der Waals surface area contributed by atoms with E-state index in [1.54, 1.807) is 6.07 Å². The molecule has 1 atom stereocenters. The van der Waals surface area contributed by atoms with Gasteiger partial charge in [-0.2, -0.15) is 0 Å². The van der Waals surface area contributed by atoms with Crippen LogP contribution in [0.3, 0.4) is 0 Å². The zero-order valence-corrected chi connectivity index (χ0v) is 12.3. The maximum absolute atomic E-state index is 10.1. The first-order valence-corrected chi connectivity index (χ1v) is 7.04. The van der Waals surface area contributed by atoms with E-state index in [1.807, 2.05) is 13.8 Å². The zero-order valence-electron chi connectivity index (χ0n) is 12.3. The van der Waals surface area contributed by atoms with Crippen LogP contribution in [0.2, 0.25) is 0 Å². The van der Waals surface area contributed by atoms with Crippen molar-refractivity contribution in [2.75, 3.05) is 17.6 Å². The lowest BCUT2D eigenvalue weighted by Crippen LogP contribution is -2.28. The van der Waals surface area contributed by atoms with E-state index in [4.69, 9.17) is 5.73 Å². The number of rotatable bonds is 7. The Kier molecular flexibility index (Phi) is 6.02. The second-order valence-corrected chi connectivity index (χ2v) is 5.22. The molecule has 0 saturated heterocycles. The summed E-state index contributed by atoms with van der Waals surface area (Å²) in [5.74, 6) is 2.41. The molecule has 0 radical (unpaired) electrons. The van der Waals surface area contributed by atoms with Crippen LogP contribution in [-0.2, 0) is 0 Å². The number of aromatic nitrogens is 2. The molecule has 1 aromatic rings. The van der Waals surface area contributed by atoms with Gasteiger partial charge in [0.05, 0.1) is 6.10 Å². The summed E-state index contributed by atoms with van der Waals surface area (Å²) < 4.78 is 0. The molecule has 5 heteroatoms. The highest BCUT2D eigenvalue weighted by Crippen LogP contribution is 2.17. The summed E-state index contributed by atoms with van der Waals surface area (Å²) in [4.78, 5) is 8.59. The monoisotopic (exact) mass is 266 g/mol. The van der Waals surface area contributed by atoms with Crippen molar-refractivity contribution in [2.24, 2.45) is 5.92 Å². The fourth-order valence-electron chi connectivity index (χ4n) is 2.04. The molecule has 0 fully saturated rings. The number of aliphatic hydroxyl groups is 1. The van der Waals surface area contributed by atoms with Crippen LogP contribution in [0.25, 0.3) is 0 Å². The molecule has 1 unspecified atom stereocenters. The molecule has 0 aliphatic rings. The van der Waals surface area contributed by atoms with Gasteiger partial charge in [0.1, 0.15) is 17.5 Å². The molecule has 1 rings (SSSR count). The first-order valence-electron chi connectivity index (χ1n) is 7.04. The maximum Gasteiger partial charge on any atom is 0.135 e. The molecule has 0 spiro atoms. The van der Waals surface area contributed by atoms with Gasteiger partial charge in [-0.05, 0) is 5.92 Å². The number of hydrogen-bond acceptors (Lipinski definition) is 5. The average molecular weight is 266 g/mol. The minimum atomic E-state index is -0.367. The number of nitrogens with zero attached hydrogens (tertiary/aromatic N) is 2. The third-order valence-corrected chi connectivity index (χ3v) is 3.36. The van der Waals surface area contributed by atoms with Crippen molar-refractivity contribution in [3.8, 4) is 0 Å². The molecule has 0 saturated carbocycles. The summed E-state index contributed by atoms with van der Waals surface area (Å²) >= 11 is 0. The normalized spacial score (nSPS) is 13.0. The largest absolute Gasteiger partial charge is 0.391 e. The Balaban J connectivity index is 2.67. The summed E-state index contributed by atoms with van der Waals surface area (Å²) in [6.45, 7) is 8.73. The van der Waals surface area contributed by atoms with Gasteiger partial charge in [-0.25, -0.2) is 9.97 Å². The topological polar surface area (TPSA) is 84.1 Å². The van der Waals surface area contributed by atoms with Crippen LogP contribution in [0.5, 0.6) is 0 Å². The Morgan fingerprint density at radius 2 is 1.89 bits per heavy atom. The lowest BCUT2D eigenvalue weighted by Gasteiger charge is -2.20. The van der Waals surface area contributed by atoms with Crippen LogP contribution >= 0.6 is 0 Å². The van der Waals surface area contributed by atoms with Crippen molar-refractivity contribution in [1.29, 1.82) is 0 Å². The van der Waals surface area contributed by atoms with E-state index in [0.29, 0.717) is 24.1 Å². The second-order valence-electron chi connectivity index (χ2n) is 5.22. The van der Waals surface area contributed by atoms with Gasteiger partial charge in [0.25, 0.3) is 0 Å². The zero-order chi connectivity index (χ0) is 14.4. The van der Waals surface area contributed by atoms with Crippen molar-refractivity contribution >= 4 is 11.6 Å². The highest BCUT2D eigenvalue weighted by atomic mass is 16.3. The van der Waals surface area contributed by atoms with Crippen LogP contribution in [0.1, 0.15) is 52.3 Å². The minimum Gasteiger partial charge on any atom is -0.391 e. The summed E-state index contributed by atoms with van der Waals surface area (Å²) in [5, 5.41) is 13.2. The van der Waals surface area contributed by atoms with Crippen molar-refractivity contribution in [2.45, 2.75) is 52.6 Å². The molecular formula is C14H26N4O. The summed E-state index contributed by atoms with van der Waals surface area (Å²) in [7, 11) is 0. The molecule has 1 aromatic heterocycles. The molecule has 0 aliphatic carbocycles. The quantitative estimate of drug-likeness (QED) is 0.705. The van der Waals surface area contributed by atoms with Crippen molar-refractivity contribution < 1.29 is 5.11 Å². The highest BCUT2D eigenvalue weighted by molar-refractivity contribution is 5.45. The Labute approximate surface area is 115 Å². The van der Waals surface area contributed by atoms with E-state index < -0.39 is 0 Å². The molecule has 1 heterocycles. The molecule has 0 amide bonds. The Hall–Kier alpha value is -1.36. The Bertz CT molecular complexity index is 391. The Morgan fingerprint density at radius 3 is 2.42 bits per heavy atom. The lowest BCUT2D eigenvalue weighted by molar-refractivity contribution is 0.114. The smallest absolute Gasteiger partial charge is 0.135 e. The van der Waals surface area contributed by atoms with E-state index in [0.717, 1.165) is 18.7 Å². The van der Waals surface area contributed by atoms with E-state index in [2.05, 4.69) is 29.1 Å². The van der Waals surface area contributed by atoms with Crippen LogP contribution in [0.4, 0.5) is 11.6 Å². The summed E-state index contributed by atoms with van der Waals surface area (Å²) in [6.07, 6.45) is 1.58. The van der Waals surface area contributed by atoms with Crippen molar-refractivity contribution in [3.63, 3.8) is 0 Å². The van der Waals surface area contributed by atoms with E-state index in [9.17, 15) is 5.11 Å². The third kappa shape index (κ3) is 4.67. The number of nitrogen functional groups attached to an aromatic ring is 1. The van der Waals surface area contributed by atoms with Gasteiger partial charge < -0.3 is 16.2 Å². The van der Waals surface area contributed by atoms with Gasteiger partial charge >= 0.3 is 0 Å². The van der Waals surface area contributed by atoms with Crippen LogP contribution in [0.15, 0.2) is 6.07 Å². The molecule has 0 aromatic carbocycles. The predicted molar refractivity (Wildman–Crippen MR) is 79.1 cm³/mol. The first-order chi connectivity index (χ1) is 8.97. The number of hydrogen-bond donors (Lipinski definition) is 3. The van der Waals surface area contributed by atoms with Crippen LogP contribution in [0, 0.1) is 5.92 Å². The van der Waals surface area contributed by atoms with Gasteiger partial charge in [-0.1, -0.05) is 40.5 Å². The summed E-state index contributed by atoms with van der Waals surface area (Å²) in [5.41, 5.74) is 5.76. The van der Waals surface area contributed by atoms with Gasteiger partial charge in [0.2, 0.25) is 0 Å². The fraction of sp³-hybridized carbons (Fsp3) is 0.714. The summed E-state index contributed by atoms with van der Waals surface area (Å²) in [6, 6.07) is 1.70.